The molecule has 0 fully saturated rings. The van der Waals surface area contributed by atoms with Gasteiger partial charge >= 0.3 is 12.1 Å². The van der Waals surface area contributed by atoms with Crippen LogP contribution in [0.1, 0.15) is 29.8 Å². The molecule has 194 valence electrons. The number of rotatable bonds is 9. The fourth-order valence-electron chi connectivity index (χ4n) is 2.78. The number of aromatic nitrogens is 2. The number of hydrogen-bond donors (Lipinski definition) is 4. The molecule has 0 aliphatic rings. The number of unbranched alkanes of at least 4 members (excludes halogenated alkanes) is 1. The maximum Gasteiger partial charge on any atom is 0.490 e. The first-order valence-electron chi connectivity index (χ1n) is 10.4. The van der Waals surface area contributed by atoms with Crippen molar-refractivity contribution >= 4 is 29.1 Å². The van der Waals surface area contributed by atoms with E-state index in [2.05, 4.69) is 27.8 Å². The van der Waals surface area contributed by atoms with Crippen molar-refractivity contribution in [3.05, 3.63) is 76.3 Å². The highest BCUT2D eigenvalue weighted by atomic mass is 35.5. The van der Waals surface area contributed by atoms with Crippen molar-refractivity contribution in [2.24, 2.45) is 0 Å². The Morgan fingerprint density at radius 1 is 1.14 bits per heavy atom. The average molecular weight is 532 g/mol. The molecule has 1 heterocycles. The van der Waals surface area contributed by atoms with Gasteiger partial charge in [-0.2, -0.15) is 13.2 Å². The summed E-state index contributed by atoms with van der Waals surface area (Å²) in [5.41, 5.74) is 1.92. The highest BCUT2D eigenvalue weighted by Crippen LogP contribution is 2.23. The maximum atomic E-state index is 13.3. The quantitative estimate of drug-likeness (QED) is 0.101. The van der Waals surface area contributed by atoms with Gasteiger partial charge in [0.2, 0.25) is 0 Å². The maximum absolute atomic E-state index is 13.3. The zero-order chi connectivity index (χ0) is 26.7. The number of carboxylic acid groups (broad SMARTS) is 1. The van der Waals surface area contributed by atoms with Crippen LogP contribution in [-0.2, 0) is 17.8 Å². The molecule has 0 aliphatic carbocycles. The van der Waals surface area contributed by atoms with Crippen LogP contribution in [-0.4, -0.2) is 45.2 Å². The monoisotopic (exact) mass is 531 g/mol. The largest absolute Gasteiger partial charge is 0.490 e. The van der Waals surface area contributed by atoms with Gasteiger partial charge in [-0.1, -0.05) is 47.1 Å². The molecule has 0 amide bonds. The summed E-state index contributed by atoms with van der Waals surface area (Å²) in [5, 5.41) is 36.6. The van der Waals surface area contributed by atoms with Gasteiger partial charge in [0.15, 0.2) is 11.5 Å². The summed E-state index contributed by atoms with van der Waals surface area (Å²) in [6.45, 7) is 1.10. The predicted molar refractivity (Wildman–Crippen MR) is 122 cm³/mol. The second-order valence-electron chi connectivity index (χ2n) is 7.24. The first kappa shape index (κ1) is 28.7. The molecule has 0 unspecified atom stereocenters. The third-order valence-corrected chi connectivity index (χ3v) is 4.88. The summed E-state index contributed by atoms with van der Waals surface area (Å²) in [6, 6.07) is 13.9. The molecule has 0 radical (unpaired) electrons. The van der Waals surface area contributed by atoms with Crippen LogP contribution in [0.15, 0.2) is 53.2 Å². The van der Waals surface area contributed by atoms with Gasteiger partial charge in [-0.15, -0.1) is 0 Å². The number of nitrogens with one attached hydrogen (secondary N) is 2. The molecule has 0 saturated carbocycles. The van der Waals surface area contributed by atoms with Crippen molar-refractivity contribution in [1.29, 1.82) is 5.41 Å². The molecule has 3 rings (SSSR count). The lowest BCUT2D eigenvalue weighted by Crippen LogP contribution is -2.29. The molecular formula is C22H22ClF4N5O4. The predicted octanol–water partition coefficient (Wildman–Crippen LogP) is 4.83. The van der Waals surface area contributed by atoms with Crippen molar-refractivity contribution in [1.82, 2.24) is 15.6 Å². The summed E-state index contributed by atoms with van der Waals surface area (Å²) in [5.74, 6) is -3.72. The first-order chi connectivity index (χ1) is 17.0. The number of carbonyl (C=O) groups is 1. The Labute approximate surface area is 207 Å². The molecule has 0 spiro atoms. The molecule has 3 aromatic rings. The van der Waals surface area contributed by atoms with E-state index in [1.807, 2.05) is 18.2 Å². The molecule has 0 atom stereocenters. The van der Waals surface area contributed by atoms with Gasteiger partial charge in [-0.05, 0) is 54.7 Å². The van der Waals surface area contributed by atoms with Gasteiger partial charge in [0.05, 0.1) is 10.7 Å². The van der Waals surface area contributed by atoms with E-state index in [1.165, 1.54) is 17.7 Å². The molecule has 0 saturated heterocycles. The van der Waals surface area contributed by atoms with Crippen LogP contribution in [0.25, 0.3) is 0 Å². The molecule has 0 aliphatic heterocycles. The van der Waals surface area contributed by atoms with Crippen LogP contribution in [0.3, 0.4) is 0 Å². The lowest BCUT2D eigenvalue weighted by atomic mass is 10.1. The molecule has 0 bridgehead atoms. The number of amidine groups is 1. The van der Waals surface area contributed by atoms with E-state index >= 15 is 0 Å². The van der Waals surface area contributed by atoms with Crippen LogP contribution < -0.4 is 10.4 Å². The fraction of sp³-hybridized carbons (Fsp3) is 0.273. The van der Waals surface area contributed by atoms with Gasteiger partial charge in [-0.3, -0.25) is 10.6 Å². The van der Waals surface area contributed by atoms with Crippen molar-refractivity contribution in [2.45, 2.75) is 32.0 Å². The lowest BCUT2D eigenvalue weighted by molar-refractivity contribution is -0.192. The average Bonchev–Trinajstić information content (AvgIpc) is 3.31. The Morgan fingerprint density at radius 2 is 1.81 bits per heavy atom. The Kier molecular flexibility index (Phi) is 10.8. The summed E-state index contributed by atoms with van der Waals surface area (Å²) in [4.78, 5) is 8.90. The van der Waals surface area contributed by atoms with E-state index in [1.54, 1.807) is 0 Å². The molecule has 14 heteroatoms. The molecular weight excluding hydrogens is 510 g/mol. The number of hydrogen-bond acceptors (Lipinski definition) is 7. The lowest BCUT2D eigenvalue weighted by Gasteiger charge is -2.16. The molecule has 2 aromatic carbocycles. The number of halogens is 5. The number of carboxylic acids is 1. The van der Waals surface area contributed by atoms with Crippen molar-refractivity contribution in [3.8, 4) is 0 Å². The SMILES string of the molecule is N=C(c1nonc1CNCCCCc1ccccc1)N(O)c1ccc(F)c(Cl)c1.O=C(O)C(F)(F)F. The zero-order valence-electron chi connectivity index (χ0n) is 18.6. The number of alkyl halides is 3. The van der Waals surface area contributed by atoms with E-state index in [0.717, 1.165) is 31.9 Å². The summed E-state index contributed by atoms with van der Waals surface area (Å²) >= 11 is 5.73. The highest BCUT2D eigenvalue weighted by Gasteiger charge is 2.38. The van der Waals surface area contributed by atoms with E-state index in [4.69, 9.17) is 31.5 Å². The number of benzene rings is 2. The van der Waals surface area contributed by atoms with Crippen LogP contribution in [0.2, 0.25) is 5.02 Å². The smallest absolute Gasteiger partial charge is 0.475 e. The molecule has 36 heavy (non-hydrogen) atoms. The second kappa shape index (κ2) is 13.5. The Morgan fingerprint density at radius 3 is 2.42 bits per heavy atom. The van der Waals surface area contributed by atoms with E-state index in [0.29, 0.717) is 17.3 Å². The minimum atomic E-state index is -5.08. The van der Waals surface area contributed by atoms with E-state index < -0.39 is 18.0 Å². The van der Waals surface area contributed by atoms with Gasteiger partial charge in [0, 0.05) is 6.54 Å². The van der Waals surface area contributed by atoms with Crippen LogP contribution in [0, 0.1) is 11.2 Å². The number of aryl methyl sites for hydroxylation is 1. The first-order valence-corrected chi connectivity index (χ1v) is 10.8. The zero-order valence-corrected chi connectivity index (χ0v) is 19.4. The standard InChI is InChI=1S/C20H21ClFN5O2.C2HF3O2/c21-16-12-15(9-10-17(16)22)27(28)20(23)19-18(25-29-26-19)13-24-11-5-4-8-14-6-2-1-3-7-14;3-2(4,5)1(6)7/h1-3,6-7,9-10,12,23-24,28H,4-5,8,11,13H2;(H,6,7). The van der Waals surface area contributed by atoms with Gasteiger partial charge < -0.3 is 10.4 Å². The van der Waals surface area contributed by atoms with Crippen molar-refractivity contribution in [3.63, 3.8) is 0 Å². The number of anilines is 1. The Balaban J connectivity index is 0.000000572. The minimum Gasteiger partial charge on any atom is -0.475 e. The number of aliphatic carboxylic acids is 1. The van der Waals surface area contributed by atoms with E-state index in [9.17, 15) is 22.8 Å². The van der Waals surface area contributed by atoms with Gasteiger partial charge in [-0.25, -0.2) is 18.9 Å². The third-order valence-electron chi connectivity index (χ3n) is 4.59. The molecule has 4 N–H and O–H groups in total. The normalized spacial score (nSPS) is 10.9. The Bertz CT molecular complexity index is 1140. The fourth-order valence-corrected chi connectivity index (χ4v) is 2.95. The van der Waals surface area contributed by atoms with Crippen LogP contribution >= 0.6 is 11.6 Å². The van der Waals surface area contributed by atoms with Gasteiger partial charge in [0.25, 0.3) is 0 Å². The van der Waals surface area contributed by atoms with Crippen LogP contribution in [0.4, 0.5) is 23.2 Å². The van der Waals surface area contributed by atoms with Crippen LogP contribution in [0.5, 0.6) is 0 Å². The van der Waals surface area contributed by atoms with E-state index in [-0.39, 0.29) is 22.2 Å². The molecule has 9 nitrogen and oxygen atoms in total. The highest BCUT2D eigenvalue weighted by molar-refractivity contribution is 6.31. The topological polar surface area (TPSA) is 136 Å². The second-order valence-corrected chi connectivity index (χ2v) is 7.65. The summed E-state index contributed by atoms with van der Waals surface area (Å²) in [7, 11) is 0. The molecule has 1 aromatic heterocycles. The van der Waals surface area contributed by atoms with Gasteiger partial charge in [0.1, 0.15) is 11.5 Å². The minimum absolute atomic E-state index is 0.0877. The summed E-state index contributed by atoms with van der Waals surface area (Å²) < 4.78 is 49.8. The summed E-state index contributed by atoms with van der Waals surface area (Å²) in [6.07, 6.45) is -2.04. The number of nitrogens with zero attached hydrogens (tertiary/aromatic N) is 3. The van der Waals surface area contributed by atoms with Crippen molar-refractivity contribution < 1.29 is 37.3 Å². The van der Waals surface area contributed by atoms with Crippen molar-refractivity contribution in [2.75, 3.05) is 11.6 Å². The Hall–Kier alpha value is -3.55. The third kappa shape index (κ3) is 8.91. The number of hydroxylamine groups is 1.